The number of nitrogens with zero attached hydrogens (tertiary/aromatic N) is 3. The molecule has 0 aromatic carbocycles. The molecule has 0 amide bonds. The highest BCUT2D eigenvalue weighted by Gasteiger charge is 2.10. The largest absolute Gasteiger partial charge is 0.366 e. The molecular formula is C9H17BrN4. The van der Waals surface area contributed by atoms with Gasteiger partial charge in [0.1, 0.15) is 0 Å². The molecule has 1 atom stereocenters. The van der Waals surface area contributed by atoms with E-state index in [0.717, 1.165) is 6.54 Å². The second-order valence-corrected chi connectivity index (χ2v) is 4.87. The van der Waals surface area contributed by atoms with Crippen LogP contribution in [0.1, 0.15) is 27.2 Å². The summed E-state index contributed by atoms with van der Waals surface area (Å²) < 4.78 is 2.52. The Bertz CT molecular complexity index is 295. The zero-order chi connectivity index (χ0) is 10.7. The van der Waals surface area contributed by atoms with E-state index in [1.54, 1.807) is 0 Å². The second-order valence-electron chi connectivity index (χ2n) is 4.16. The van der Waals surface area contributed by atoms with Gasteiger partial charge >= 0.3 is 0 Å². The molecular weight excluding hydrogens is 244 g/mol. The zero-order valence-corrected chi connectivity index (χ0v) is 10.5. The number of nitrogen functional groups attached to an aromatic ring is 1. The number of hydrogen-bond donors (Lipinski definition) is 1. The van der Waals surface area contributed by atoms with Crippen molar-refractivity contribution in [2.45, 2.75) is 33.7 Å². The molecule has 0 saturated carbocycles. The summed E-state index contributed by atoms with van der Waals surface area (Å²) in [5, 5.41) is 4.09. The van der Waals surface area contributed by atoms with Crippen LogP contribution in [0.25, 0.3) is 0 Å². The van der Waals surface area contributed by atoms with Gasteiger partial charge in [-0.1, -0.05) is 20.8 Å². The number of aromatic nitrogens is 3. The van der Waals surface area contributed by atoms with Gasteiger partial charge < -0.3 is 5.73 Å². The minimum Gasteiger partial charge on any atom is -0.366 e. The Morgan fingerprint density at radius 1 is 1.43 bits per heavy atom. The normalized spacial score (nSPS) is 13.5. The van der Waals surface area contributed by atoms with Crippen LogP contribution in [0.15, 0.2) is 4.73 Å². The van der Waals surface area contributed by atoms with Crippen molar-refractivity contribution in [3.8, 4) is 0 Å². The van der Waals surface area contributed by atoms with Crippen LogP contribution in [0.3, 0.4) is 0 Å². The Kier molecular flexibility index (Phi) is 3.92. The van der Waals surface area contributed by atoms with Gasteiger partial charge in [0.15, 0.2) is 4.73 Å². The van der Waals surface area contributed by atoms with E-state index in [1.165, 1.54) is 6.42 Å². The summed E-state index contributed by atoms with van der Waals surface area (Å²) in [4.78, 5) is 3.99. The van der Waals surface area contributed by atoms with Gasteiger partial charge in [0.25, 0.3) is 0 Å². The molecule has 0 aliphatic rings. The molecule has 1 aromatic rings. The van der Waals surface area contributed by atoms with Crippen molar-refractivity contribution in [3.63, 3.8) is 0 Å². The Balaban J connectivity index is 2.55. The van der Waals surface area contributed by atoms with Crippen molar-refractivity contribution in [2.24, 2.45) is 11.8 Å². The Morgan fingerprint density at radius 3 is 2.50 bits per heavy atom. The SMILES string of the molecule is CC(C)CC(C)Cn1nc(N)nc1Br. The highest BCUT2D eigenvalue weighted by molar-refractivity contribution is 9.10. The lowest BCUT2D eigenvalue weighted by molar-refractivity contribution is 0.370. The fourth-order valence-corrected chi connectivity index (χ4v) is 2.04. The summed E-state index contributed by atoms with van der Waals surface area (Å²) in [6.07, 6.45) is 1.19. The van der Waals surface area contributed by atoms with Crippen molar-refractivity contribution in [1.82, 2.24) is 14.8 Å². The zero-order valence-electron chi connectivity index (χ0n) is 8.87. The molecule has 5 heteroatoms. The van der Waals surface area contributed by atoms with Gasteiger partial charge in [-0.3, -0.25) is 0 Å². The molecule has 4 nitrogen and oxygen atoms in total. The Morgan fingerprint density at radius 2 is 2.07 bits per heavy atom. The Labute approximate surface area is 93.0 Å². The lowest BCUT2D eigenvalue weighted by Gasteiger charge is -2.13. The van der Waals surface area contributed by atoms with Gasteiger partial charge in [-0.2, -0.15) is 4.98 Å². The standard InChI is InChI=1S/C9H17BrN4/c1-6(2)4-7(3)5-14-8(10)12-9(11)13-14/h6-7H,4-5H2,1-3H3,(H2,11,13). The summed E-state index contributed by atoms with van der Waals surface area (Å²) in [6, 6.07) is 0. The van der Waals surface area contributed by atoms with E-state index >= 15 is 0 Å². The topological polar surface area (TPSA) is 56.7 Å². The van der Waals surface area contributed by atoms with Crippen molar-refractivity contribution in [1.29, 1.82) is 0 Å². The van der Waals surface area contributed by atoms with Crippen LogP contribution < -0.4 is 5.73 Å². The van der Waals surface area contributed by atoms with Crippen molar-refractivity contribution in [2.75, 3.05) is 5.73 Å². The highest BCUT2D eigenvalue weighted by atomic mass is 79.9. The number of hydrogen-bond acceptors (Lipinski definition) is 3. The Hall–Kier alpha value is -0.580. The predicted octanol–water partition coefficient (Wildman–Crippen LogP) is 2.31. The van der Waals surface area contributed by atoms with Crippen LogP contribution in [0.4, 0.5) is 5.95 Å². The molecule has 1 heterocycles. The predicted molar refractivity (Wildman–Crippen MR) is 60.8 cm³/mol. The van der Waals surface area contributed by atoms with Crippen LogP contribution in [-0.4, -0.2) is 14.8 Å². The molecule has 0 spiro atoms. The van der Waals surface area contributed by atoms with E-state index in [1.807, 2.05) is 4.68 Å². The van der Waals surface area contributed by atoms with Gasteiger partial charge in [-0.15, -0.1) is 5.10 Å². The molecule has 0 fully saturated rings. The quantitative estimate of drug-likeness (QED) is 0.904. The summed E-state index contributed by atoms with van der Waals surface area (Å²) >= 11 is 3.32. The van der Waals surface area contributed by atoms with E-state index in [-0.39, 0.29) is 0 Å². The van der Waals surface area contributed by atoms with Gasteiger partial charge in [0.2, 0.25) is 5.95 Å². The van der Waals surface area contributed by atoms with E-state index < -0.39 is 0 Å². The molecule has 0 saturated heterocycles. The fourth-order valence-electron chi connectivity index (χ4n) is 1.63. The van der Waals surface area contributed by atoms with E-state index in [0.29, 0.717) is 22.5 Å². The monoisotopic (exact) mass is 260 g/mol. The maximum Gasteiger partial charge on any atom is 0.240 e. The summed E-state index contributed by atoms with van der Waals surface area (Å²) in [7, 11) is 0. The average Bonchev–Trinajstić information content (AvgIpc) is 2.28. The first-order chi connectivity index (χ1) is 6.49. The smallest absolute Gasteiger partial charge is 0.240 e. The summed E-state index contributed by atoms with van der Waals surface area (Å²) in [5.74, 6) is 1.63. The van der Waals surface area contributed by atoms with Crippen LogP contribution >= 0.6 is 15.9 Å². The molecule has 2 N–H and O–H groups in total. The van der Waals surface area contributed by atoms with E-state index in [9.17, 15) is 0 Å². The van der Waals surface area contributed by atoms with E-state index in [2.05, 4.69) is 46.8 Å². The minimum absolute atomic E-state index is 0.327. The second kappa shape index (κ2) is 4.77. The third-order valence-corrected chi connectivity index (χ3v) is 2.59. The van der Waals surface area contributed by atoms with Crippen LogP contribution in [0.5, 0.6) is 0 Å². The maximum atomic E-state index is 5.48. The third-order valence-electron chi connectivity index (χ3n) is 2.00. The average molecular weight is 261 g/mol. The summed E-state index contributed by atoms with van der Waals surface area (Å²) in [6.45, 7) is 7.52. The van der Waals surface area contributed by atoms with Crippen molar-refractivity contribution in [3.05, 3.63) is 4.73 Å². The third kappa shape index (κ3) is 3.29. The molecule has 14 heavy (non-hydrogen) atoms. The first kappa shape index (κ1) is 11.5. The van der Waals surface area contributed by atoms with E-state index in [4.69, 9.17) is 5.73 Å². The van der Waals surface area contributed by atoms with Crippen LogP contribution in [0, 0.1) is 11.8 Å². The first-order valence-electron chi connectivity index (χ1n) is 4.85. The number of rotatable bonds is 4. The number of nitrogens with two attached hydrogens (primary N) is 1. The molecule has 1 rings (SSSR count). The molecule has 0 bridgehead atoms. The number of halogens is 1. The molecule has 0 aliphatic carbocycles. The fraction of sp³-hybridized carbons (Fsp3) is 0.778. The van der Waals surface area contributed by atoms with Crippen LogP contribution in [0.2, 0.25) is 0 Å². The number of anilines is 1. The van der Waals surface area contributed by atoms with Gasteiger partial charge in [-0.25, -0.2) is 4.68 Å². The van der Waals surface area contributed by atoms with Gasteiger partial charge in [0.05, 0.1) is 0 Å². The molecule has 1 aromatic heterocycles. The molecule has 80 valence electrons. The molecule has 1 unspecified atom stereocenters. The lowest BCUT2D eigenvalue weighted by Crippen LogP contribution is -2.11. The lowest BCUT2D eigenvalue weighted by atomic mass is 9.99. The van der Waals surface area contributed by atoms with Crippen LogP contribution in [-0.2, 0) is 6.54 Å². The van der Waals surface area contributed by atoms with Gasteiger partial charge in [0, 0.05) is 6.54 Å². The summed E-state index contributed by atoms with van der Waals surface area (Å²) in [5.41, 5.74) is 5.48. The highest BCUT2D eigenvalue weighted by Crippen LogP contribution is 2.16. The minimum atomic E-state index is 0.327. The maximum absolute atomic E-state index is 5.48. The molecule has 0 radical (unpaired) electrons. The van der Waals surface area contributed by atoms with Crippen molar-refractivity contribution < 1.29 is 0 Å². The first-order valence-corrected chi connectivity index (χ1v) is 5.64. The molecule has 0 aliphatic heterocycles. The van der Waals surface area contributed by atoms with Gasteiger partial charge in [-0.05, 0) is 34.2 Å². The van der Waals surface area contributed by atoms with Crippen molar-refractivity contribution >= 4 is 21.9 Å².